The lowest BCUT2D eigenvalue weighted by Gasteiger charge is -2.37. The SMILES string of the molecule is CCN1C2CCCCC2C2C3CCCCC3CC21. The van der Waals surface area contributed by atoms with Crippen molar-refractivity contribution in [1.82, 2.24) is 4.90 Å². The average Bonchev–Trinajstić information content (AvgIpc) is 2.92. The summed E-state index contributed by atoms with van der Waals surface area (Å²) in [4.78, 5) is 2.95. The Morgan fingerprint density at radius 2 is 1.56 bits per heavy atom. The molecule has 0 bridgehead atoms. The molecule has 0 aromatic carbocycles. The van der Waals surface area contributed by atoms with Crippen LogP contribution in [0.15, 0.2) is 0 Å². The highest BCUT2D eigenvalue weighted by Crippen LogP contribution is 2.57. The Balaban J connectivity index is 1.63. The molecule has 4 aliphatic rings. The van der Waals surface area contributed by atoms with E-state index in [-0.39, 0.29) is 0 Å². The van der Waals surface area contributed by atoms with Crippen LogP contribution in [-0.4, -0.2) is 23.5 Å². The minimum Gasteiger partial charge on any atom is -0.297 e. The van der Waals surface area contributed by atoms with Gasteiger partial charge in [-0.05, 0) is 55.9 Å². The predicted octanol–water partition coefficient (Wildman–Crippen LogP) is 4.08. The van der Waals surface area contributed by atoms with E-state index in [1.165, 1.54) is 38.6 Å². The fourth-order valence-corrected chi connectivity index (χ4v) is 6.46. The van der Waals surface area contributed by atoms with Gasteiger partial charge in [0.1, 0.15) is 0 Å². The zero-order valence-corrected chi connectivity index (χ0v) is 12.0. The Kier molecular flexibility index (Phi) is 2.94. The van der Waals surface area contributed by atoms with Crippen LogP contribution in [0.2, 0.25) is 0 Å². The van der Waals surface area contributed by atoms with Crippen LogP contribution in [0.25, 0.3) is 0 Å². The van der Waals surface area contributed by atoms with Crippen molar-refractivity contribution in [3.63, 3.8) is 0 Å². The number of rotatable bonds is 1. The van der Waals surface area contributed by atoms with Gasteiger partial charge < -0.3 is 0 Å². The molecule has 6 atom stereocenters. The minimum absolute atomic E-state index is 0.988. The fraction of sp³-hybridized carbons (Fsp3) is 1.00. The first-order valence-electron chi connectivity index (χ1n) is 8.66. The maximum absolute atomic E-state index is 2.95. The van der Waals surface area contributed by atoms with Gasteiger partial charge in [-0.15, -0.1) is 0 Å². The molecule has 1 aliphatic heterocycles. The first-order valence-corrected chi connectivity index (χ1v) is 8.66. The van der Waals surface area contributed by atoms with Crippen LogP contribution >= 0.6 is 0 Å². The molecule has 4 fully saturated rings. The van der Waals surface area contributed by atoms with Crippen LogP contribution in [0.5, 0.6) is 0 Å². The third-order valence-electron chi connectivity index (χ3n) is 6.94. The molecule has 0 radical (unpaired) electrons. The Bertz CT molecular complexity index is 313. The Morgan fingerprint density at radius 3 is 2.39 bits per heavy atom. The second-order valence-electron chi connectivity index (χ2n) is 7.43. The first-order chi connectivity index (χ1) is 8.90. The van der Waals surface area contributed by atoms with Gasteiger partial charge in [-0.1, -0.05) is 39.0 Å². The van der Waals surface area contributed by atoms with E-state index in [9.17, 15) is 0 Å². The van der Waals surface area contributed by atoms with E-state index >= 15 is 0 Å². The normalized spacial score (nSPS) is 51.8. The maximum Gasteiger partial charge on any atom is 0.0135 e. The van der Waals surface area contributed by atoms with Gasteiger partial charge >= 0.3 is 0 Å². The largest absolute Gasteiger partial charge is 0.297 e. The highest BCUT2D eigenvalue weighted by molar-refractivity contribution is 5.09. The monoisotopic (exact) mass is 247 g/mol. The third-order valence-corrected chi connectivity index (χ3v) is 6.94. The molecule has 18 heavy (non-hydrogen) atoms. The molecule has 1 heterocycles. The number of hydrogen-bond donors (Lipinski definition) is 0. The van der Waals surface area contributed by atoms with E-state index < -0.39 is 0 Å². The summed E-state index contributed by atoms with van der Waals surface area (Å²) in [5, 5.41) is 0. The van der Waals surface area contributed by atoms with E-state index in [2.05, 4.69) is 11.8 Å². The van der Waals surface area contributed by atoms with E-state index in [4.69, 9.17) is 0 Å². The van der Waals surface area contributed by atoms with Crippen molar-refractivity contribution in [3.05, 3.63) is 0 Å². The van der Waals surface area contributed by atoms with Gasteiger partial charge in [0.2, 0.25) is 0 Å². The van der Waals surface area contributed by atoms with E-state index in [1.54, 1.807) is 25.7 Å². The standard InChI is InChI=1S/C17H29N/c1-2-18-15-10-6-5-9-14(15)17-13-8-4-3-7-12(13)11-16(17)18/h12-17H,2-11H2,1H3. The topological polar surface area (TPSA) is 3.24 Å². The summed E-state index contributed by atoms with van der Waals surface area (Å²) in [5.74, 6) is 4.45. The van der Waals surface area contributed by atoms with Gasteiger partial charge in [-0.3, -0.25) is 4.90 Å². The number of nitrogens with zero attached hydrogens (tertiary/aromatic N) is 1. The molecule has 6 unspecified atom stereocenters. The van der Waals surface area contributed by atoms with Gasteiger partial charge in [0, 0.05) is 12.1 Å². The van der Waals surface area contributed by atoms with Crippen molar-refractivity contribution in [3.8, 4) is 0 Å². The van der Waals surface area contributed by atoms with Crippen molar-refractivity contribution < 1.29 is 0 Å². The summed E-state index contributed by atoms with van der Waals surface area (Å²) in [6.45, 7) is 3.73. The lowest BCUT2D eigenvalue weighted by Crippen LogP contribution is -2.39. The molecule has 0 aromatic rings. The van der Waals surface area contributed by atoms with Crippen molar-refractivity contribution in [2.45, 2.75) is 76.8 Å². The van der Waals surface area contributed by atoms with Crippen molar-refractivity contribution in [2.75, 3.05) is 6.54 Å². The number of fused-ring (bicyclic) bond motifs is 5. The van der Waals surface area contributed by atoms with Gasteiger partial charge in [0.25, 0.3) is 0 Å². The van der Waals surface area contributed by atoms with Gasteiger partial charge in [0.05, 0.1) is 0 Å². The average molecular weight is 247 g/mol. The molecule has 0 N–H and O–H groups in total. The lowest BCUT2D eigenvalue weighted by atomic mass is 9.70. The molecule has 4 rings (SSSR count). The molecule has 3 saturated carbocycles. The van der Waals surface area contributed by atoms with Crippen molar-refractivity contribution in [1.29, 1.82) is 0 Å². The van der Waals surface area contributed by atoms with Gasteiger partial charge in [-0.25, -0.2) is 0 Å². The molecule has 0 amide bonds. The van der Waals surface area contributed by atoms with Crippen LogP contribution in [0.1, 0.15) is 64.7 Å². The Morgan fingerprint density at radius 1 is 0.833 bits per heavy atom. The van der Waals surface area contributed by atoms with Gasteiger partial charge in [0.15, 0.2) is 0 Å². The summed E-state index contributed by atoms with van der Waals surface area (Å²) < 4.78 is 0. The molecule has 102 valence electrons. The zero-order valence-electron chi connectivity index (χ0n) is 12.0. The molecule has 0 aromatic heterocycles. The second-order valence-corrected chi connectivity index (χ2v) is 7.43. The smallest absolute Gasteiger partial charge is 0.0135 e. The molecular weight excluding hydrogens is 218 g/mol. The summed E-state index contributed by atoms with van der Waals surface area (Å²) in [5.41, 5.74) is 0. The molecule has 1 nitrogen and oxygen atoms in total. The Hall–Kier alpha value is -0.0400. The van der Waals surface area contributed by atoms with Crippen LogP contribution in [0, 0.1) is 23.7 Å². The zero-order chi connectivity index (χ0) is 12.1. The van der Waals surface area contributed by atoms with Crippen molar-refractivity contribution in [2.24, 2.45) is 23.7 Å². The summed E-state index contributed by atoms with van der Waals surface area (Å²) in [6, 6.07) is 1.98. The maximum atomic E-state index is 2.95. The quantitative estimate of drug-likeness (QED) is 0.675. The Labute approximate surface area is 112 Å². The van der Waals surface area contributed by atoms with E-state index in [0.29, 0.717) is 0 Å². The molecule has 3 aliphatic carbocycles. The van der Waals surface area contributed by atoms with Crippen LogP contribution in [-0.2, 0) is 0 Å². The molecule has 1 heteroatoms. The minimum atomic E-state index is 0.988. The van der Waals surface area contributed by atoms with Crippen molar-refractivity contribution >= 4 is 0 Å². The highest BCUT2D eigenvalue weighted by Gasteiger charge is 2.56. The first kappa shape index (κ1) is 11.8. The lowest BCUT2D eigenvalue weighted by molar-refractivity contribution is 0.126. The van der Waals surface area contributed by atoms with Crippen LogP contribution in [0.4, 0.5) is 0 Å². The molecule has 0 spiro atoms. The van der Waals surface area contributed by atoms with E-state index in [0.717, 1.165) is 35.8 Å². The summed E-state index contributed by atoms with van der Waals surface area (Å²) in [7, 11) is 0. The predicted molar refractivity (Wildman–Crippen MR) is 75.5 cm³/mol. The van der Waals surface area contributed by atoms with E-state index in [1.807, 2.05) is 0 Å². The summed E-state index contributed by atoms with van der Waals surface area (Å²) >= 11 is 0. The third kappa shape index (κ3) is 1.55. The molecule has 1 saturated heterocycles. The number of likely N-dealkylation sites (tertiary alicyclic amines) is 1. The van der Waals surface area contributed by atoms with Crippen LogP contribution < -0.4 is 0 Å². The summed E-state index contributed by atoms with van der Waals surface area (Å²) in [6.07, 6.45) is 13.9. The second kappa shape index (κ2) is 4.51. The van der Waals surface area contributed by atoms with Gasteiger partial charge in [-0.2, -0.15) is 0 Å². The fourth-order valence-electron chi connectivity index (χ4n) is 6.46. The molecular formula is C17H29N. The highest BCUT2D eigenvalue weighted by atomic mass is 15.2. The van der Waals surface area contributed by atoms with Crippen LogP contribution in [0.3, 0.4) is 0 Å². The number of hydrogen-bond acceptors (Lipinski definition) is 1.